The molecule has 5 fully saturated rings. The first-order chi connectivity index (χ1) is 55.0. The molecule has 1 saturated carbocycles. The second-order valence-electron chi connectivity index (χ2n) is 32.4. The van der Waals surface area contributed by atoms with Gasteiger partial charge in [-0.2, -0.15) is 0 Å². The number of rotatable bonds is 14. The van der Waals surface area contributed by atoms with Crippen LogP contribution in [0.15, 0.2) is 120 Å². The van der Waals surface area contributed by atoms with Gasteiger partial charge in [-0.05, 0) is 138 Å². The summed E-state index contributed by atoms with van der Waals surface area (Å²) in [6.07, 6.45) is -0.759. The number of aliphatic hydroxyl groups is 2. The molecule has 0 aromatic heterocycles. The molecule has 11 rings (SSSR count). The molecule has 6 N–H and O–H groups in total. The number of likely N-dealkylation sites (tertiary alicyclic amines) is 4. The number of hydrogen-bond donors (Lipinski definition) is 4. The van der Waals surface area contributed by atoms with Crippen LogP contribution in [0.25, 0.3) is 22.3 Å². The fraction of sp³-hybridized carbons (Fsp3) is 0.560. The molecule has 4 heterocycles. The molecule has 0 bridgehead atoms. The van der Waals surface area contributed by atoms with Crippen LogP contribution in [0.4, 0.5) is 19.2 Å². The Morgan fingerprint density at radius 1 is 0.512 bits per heavy atom. The van der Waals surface area contributed by atoms with Crippen LogP contribution in [-0.2, 0) is 80.6 Å². The smallest absolute Gasteiger partial charge is 0.870 e. The zero-order valence-corrected chi connectivity index (χ0v) is 75.6. The second kappa shape index (κ2) is 47.5. The maximum absolute atomic E-state index is 12.6. The zero-order chi connectivity index (χ0) is 88.8. The van der Waals surface area contributed by atoms with E-state index in [1.54, 1.807) is 96.1 Å². The number of β-amino-alcohol motifs (C(OH)–C–C–N with tert-alkyl or cyclic N) is 2. The van der Waals surface area contributed by atoms with Crippen LogP contribution in [0.3, 0.4) is 0 Å². The average molecular weight is 1750 g/mol. The molecule has 3 aliphatic carbocycles. The summed E-state index contributed by atoms with van der Waals surface area (Å²) in [5.74, 6) is -2.84. The Labute approximate surface area is 732 Å². The van der Waals surface area contributed by atoms with Gasteiger partial charge in [0.1, 0.15) is 75.7 Å². The largest absolute Gasteiger partial charge is 1.00 e. The van der Waals surface area contributed by atoms with Gasteiger partial charge >= 0.3 is 73.1 Å². The summed E-state index contributed by atoms with van der Waals surface area (Å²) >= 11 is 0. The van der Waals surface area contributed by atoms with Gasteiger partial charge in [0.15, 0.2) is 0 Å². The van der Waals surface area contributed by atoms with Gasteiger partial charge in [0.05, 0.1) is 72.6 Å². The molecule has 7 aliphatic rings. The van der Waals surface area contributed by atoms with Gasteiger partial charge in [-0.3, -0.25) is 24.4 Å². The van der Waals surface area contributed by atoms with Crippen molar-refractivity contribution in [3.05, 3.63) is 132 Å². The normalized spacial score (nSPS) is 21.0. The van der Waals surface area contributed by atoms with Gasteiger partial charge < -0.3 is 79.0 Å². The number of ether oxygens (including phenoxy) is 8. The molecule has 10 atom stereocenters. The number of benzene rings is 4. The Bertz CT molecular complexity index is 4170. The second-order valence-corrected chi connectivity index (χ2v) is 35.4. The summed E-state index contributed by atoms with van der Waals surface area (Å²) < 4.78 is 58.8. The summed E-state index contributed by atoms with van der Waals surface area (Å²) in [7, 11) is 5.11. The number of nitrogens with zero attached hydrogens (tertiary/aromatic N) is 7. The Kier molecular flexibility index (Phi) is 42.4. The third kappa shape index (κ3) is 32.6. The number of carboxylic acid groups (broad SMARTS) is 1. The van der Waals surface area contributed by atoms with E-state index in [0.29, 0.717) is 18.7 Å². The van der Waals surface area contributed by atoms with Crippen molar-refractivity contribution < 1.29 is 139 Å². The maximum Gasteiger partial charge on any atom is 1.00 e. The zero-order valence-electron chi connectivity index (χ0n) is 73.2. The number of oxime groups is 2. The molecular weight excluding hydrogens is 1630 g/mol. The predicted octanol–water partition coefficient (Wildman–Crippen LogP) is 8.18. The number of carbonyl (C=O) groups excluding carboxylic acids is 8. The van der Waals surface area contributed by atoms with E-state index in [1.807, 2.05) is 84.9 Å². The Hall–Kier alpha value is -9.08. The van der Waals surface area contributed by atoms with Crippen molar-refractivity contribution in [2.45, 2.75) is 219 Å². The van der Waals surface area contributed by atoms with Crippen molar-refractivity contribution in [3.63, 3.8) is 0 Å². The van der Waals surface area contributed by atoms with Crippen molar-refractivity contribution in [2.24, 2.45) is 22.0 Å². The van der Waals surface area contributed by atoms with E-state index in [1.165, 1.54) is 60.6 Å². The summed E-state index contributed by atoms with van der Waals surface area (Å²) in [5.41, 5.74) is 12.0. The summed E-state index contributed by atoms with van der Waals surface area (Å²) in [6, 6.07) is 28.7. The van der Waals surface area contributed by atoms with Gasteiger partial charge in [0, 0.05) is 64.5 Å². The minimum atomic E-state index is -3.19. The first-order valence-electron chi connectivity index (χ1n) is 38.9. The van der Waals surface area contributed by atoms with E-state index in [0.717, 1.165) is 56.5 Å². The van der Waals surface area contributed by atoms with Crippen LogP contribution in [0, 0.1) is 5.92 Å². The molecule has 4 aliphatic heterocycles. The molecular formula is C84H121Cl2LiN8O25S. The van der Waals surface area contributed by atoms with Gasteiger partial charge in [-0.15, -0.1) is 19.0 Å². The topological polar surface area (TPSA) is 438 Å². The predicted molar refractivity (Wildman–Crippen MR) is 451 cm³/mol. The molecule has 0 unspecified atom stereocenters. The molecule has 4 saturated heterocycles. The summed E-state index contributed by atoms with van der Waals surface area (Å²) in [4.78, 5) is 126. The van der Waals surface area contributed by atoms with Crippen LogP contribution >= 0.6 is 23.1 Å². The van der Waals surface area contributed by atoms with Crippen molar-refractivity contribution in [1.82, 2.24) is 24.5 Å². The van der Waals surface area contributed by atoms with Gasteiger partial charge in [0.2, 0.25) is 9.05 Å². The Morgan fingerprint density at radius 3 is 1.00 bits per heavy atom. The number of halogens is 2. The van der Waals surface area contributed by atoms with Crippen molar-refractivity contribution in [3.8, 4) is 22.3 Å². The number of esters is 4. The fourth-order valence-corrected chi connectivity index (χ4v) is 13.0. The number of carbonyl (C=O) groups is 9. The van der Waals surface area contributed by atoms with E-state index in [2.05, 4.69) is 74.9 Å². The van der Waals surface area contributed by atoms with E-state index in [-0.39, 0.29) is 100 Å². The fourth-order valence-electron chi connectivity index (χ4n) is 13.0. The van der Waals surface area contributed by atoms with Gasteiger partial charge in [-0.25, -0.2) is 46.8 Å². The number of amides is 4. The first kappa shape index (κ1) is 108. The van der Waals surface area contributed by atoms with Crippen molar-refractivity contribution in [2.75, 3.05) is 80.0 Å². The molecule has 0 radical (unpaired) electrons. The quantitative estimate of drug-likeness (QED) is 0.0199. The van der Waals surface area contributed by atoms with Crippen LogP contribution in [-0.4, -0.2) is 276 Å². The summed E-state index contributed by atoms with van der Waals surface area (Å²) in [5, 5.41) is 37.4. The molecule has 33 nitrogen and oxygen atoms in total. The first-order valence-corrected chi connectivity index (χ1v) is 41.6. The number of carboxylic acids is 1. The molecule has 668 valence electrons. The number of aliphatic hydroxyl groups excluding tert-OH is 2. The molecule has 4 aromatic carbocycles. The Morgan fingerprint density at radius 2 is 0.769 bits per heavy atom. The van der Waals surface area contributed by atoms with E-state index in [4.69, 9.17) is 43.8 Å². The van der Waals surface area contributed by atoms with E-state index >= 15 is 0 Å². The van der Waals surface area contributed by atoms with Crippen LogP contribution < -0.4 is 24.6 Å². The van der Waals surface area contributed by atoms with Gasteiger partial charge in [0.25, 0.3) is 0 Å². The van der Waals surface area contributed by atoms with Crippen molar-refractivity contribution in [1.29, 1.82) is 0 Å². The molecule has 0 spiro atoms. The van der Waals surface area contributed by atoms with E-state index in [9.17, 15) is 66.9 Å². The SMILES string of the molecule is C=C[C@@H]1C[C@]1(N)C(=O)OCC.CC(C)(C)OC(=O)N1C[C@H](ON=C2c3ccccc3-c3ccccc32)C[C@H]1C(=O)O.CCN(CC)CC.COC(=O)[C@@H]1C[C@@H](ON=C2c3ccccc3-c3ccccc32)CN1C(=O)OC(C)(C)C.COC(=O)[C@@H]1C[C@H](O)CN1C(=O)OC(C)(C)C.COC(=O)[C@@H]1C[C@H](O)CN1C(=O)OC(C)(C)C.CS(=O)(=O)Cl.Cl.[Li+].[OH-]. The minimum absolute atomic E-state index is 0. The molecule has 4 amide bonds. The maximum atomic E-state index is 12.6. The molecule has 4 aromatic rings. The number of fused-ring (bicyclic) bond motifs is 6. The molecule has 37 heteroatoms. The monoisotopic (exact) mass is 1750 g/mol. The van der Waals surface area contributed by atoms with E-state index < -0.39 is 134 Å². The Balaban J connectivity index is 0.000000510. The molecule has 121 heavy (non-hydrogen) atoms. The van der Waals surface area contributed by atoms with Crippen molar-refractivity contribution >= 4 is 97.8 Å². The summed E-state index contributed by atoms with van der Waals surface area (Å²) in [6.45, 7) is 37.3. The number of aliphatic carboxylic acids is 1. The average Bonchev–Trinajstić information content (AvgIpc) is 1.60. The standard InChI is InChI=1S/C24H26N2O5.C23H24N2O5.2C11H19NO5.C8H13NO2.C6H15N.CH3ClO2S.ClH.Li.H2O/c1-24(2,3)30-23(28)26-14-15(13-20(26)22(27)29-4)31-25-21-18-11-7-5-9-16(18)17-10-6-8-12-19(17)21;1-23(2,3)29-22(28)25-13-14(12-19(25)21(26)27)30-24-20-17-10-6-4-8-15(17)16-9-5-7-11-18(16)20;2*1-11(2,3)17-10(15)12-6-7(13)5-8(12)9(14)16-4;1-3-6-5-8(6,9)7(10)11-4-2;1-4-7(5-2)6-3;1-5(2,3)4;;;/h5-12,15,20H,13-14H2,1-4H3;4-11,14,19H,12-13H2,1-3H3,(H,26,27);2*7-8,13H,5-6H2,1-4H3;3,6H,1,4-5,9H2,2H3;4-6H2,1-3H3;1H3;1H;;1H2/q;;;;;;;;+1;/p-1/t15-,20+;14-,19+;2*7-,8-;6-,8-;;;;;/m11001...../s1. The number of methoxy groups -OCH3 is 3. The number of nitrogens with two attached hydrogens (primary N) is 1. The minimum Gasteiger partial charge on any atom is -0.870 e. The number of hydrogen-bond acceptors (Lipinski definition) is 28. The van der Waals surface area contributed by atoms with Gasteiger partial charge in [-0.1, -0.05) is 134 Å². The third-order valence-electron chi connectivity index (χ3n) is 18.5. The van der Waals surface area contributed by atoms with Crippen LogP contribution in [0.5, 0.6) is 0 Å². The van der Waals surface area contributed by atoms with Crippen LogP contribution in [0.1, 0.15) is 165 Å². The third-order valence-corrected chi connectivity index (χ3v) is 18.5. The van der Waals surface area contributed by atoms with Crippen LogP contribution in [0.2, 0.25) is 0 Å².